The quantitative estimate of drug-likeness (QED) is 0.448. The minimum atomic E-state index is 0.636. The van der Waals surface area contributed by atoms with Gasteiger partial charge >= 0.3 is 0 Å². The van der Waals surface area contributed by atoms with Gasteiger partial charge in [0.05, 0.1) is 22.4 Å². The lowest BCUT2D eigenvalue weighted by Crippen LogP contribution is -1.96. The van der Waals surface area contributed by atoms with E-state index in [2.05, 4.69) is 39.1 Å². The van der Waals surface area contributed by atoms with Crippen molar-refractivity contribution in [2.45, 2.75) is 13.8 Å². The summed E-state index contributed by atoms with van der Waals surface area (Å²) in [5.41, 5.74) is 7.29. The number of pyridine rings is 3. The van der Waals surface area contributed by atoms with Gasteiger partial charge in [-0.05, 0) is 55.3 Å². The Morgan fingerprint density at radius 3 is 2.67 bits per heavy atom. The number of aromatic nitrogens is 4. The standard InChI is InChI=1S/C18H16ClN3.C6H8N2/c1-4-13-10-21-22-7-6-14(8-18(13)22)16(5-2)17-9-15(19)11-20-12(17)3;1-7-6-3-2-4-8-5-6/h4-11H,1H2,2-3H3;2-5,7H,1H3/b16-5-;. The summed E-state index contributed by atoms with van der Waals surface area (Å²) in [6, 6.07) is 9.97. The van der Waals surface area contributed by atoms with E-state index in [4.69, 9.17) is 11.6 Å². The van der Waals surface area contributed by atoms with Crippen molar-refractivity contribution in [3.63, 3.8) is 0 Å². The highest BCUT2D eigenvalue weighted by Gasteiger charge is 2.11. The number of aryl methyl sites for hydroxylation is 1. The maximum atomic E-state index is 6.11. The molecule has 0 amide bonds. The normalized spacial score (nSPS) is 11.0. The molecular weight excluding hydrogens is 394 g/mol. The van der Waals surface area contributed by atoms with Crippen LogP contribution in [0, 0.1) is 6.92 Å². The van der Waals surface area contributed by atoms with E-state index in [1.165, 1.54) is 0 Å². The smallest absolute Gasteiger partial charge is 0.0739 e. The maximum Gasteiger partial charge on any atom is 0.0739 e. The fourth-order valence-electron chi connectivity index (χ4n) is 3.09. The van der Waals surface area contributed by atoms with Crippen LogP contribution in [0.3, 0.4) is 0 Å². The second-order valence-corrected chi connectivity index (χ2v) is 6.97. The van der Waals surface area contributed by atoms with Crippen molar-refractivity contribution < 1.29 is 0 Å². The van der Waals surface area contributed by atoms with Gasteiger partial charge in [0, 0.05) is 48.7 Å². The lowest BCUT2D eigenvalue weighted by Gasteiger charge is -2.11. The summed E-state index contributed by atoms with van der Waals surface area (Å²) in [5.74, 6) is 0. The first kappa shape index (κ1) is 21.3. The molecule has 0 aliphatic heterocycles. The number of fused-ring (bicyclic) bond motifs is 1. The fraction of sp³-hybridized carbons (Fsp3) is 0.125. The van der Waals surface area contributed by atoms with Gasteiger partial charge in [-0.2, -0.15) is 5.10 Å². The van der Waals surface area contributed by atoms with Crippen molar-refractivity contribution in [1.82, 2.24) is 19.6 Å². The summed E-state index contributed by atoms with van der Waals surface area (Å²) in [5, 5.41) is 7.91. The van der Waals surface area contributed by atoms with E-state index in [9.17, 15) is 0 Å². The van der Waals surface area contributed by atoms with Crippen molar-refractivity contribution in [3.05, 3.63) is 101 Å². The molecule has 1 N–H and O–H groups in total. The molecule has 4 aromatic heterocycles. The van der Waals surface area contributed by atoms with Gasteiger partial charge in [0.1, 0.15) is 0 Å². The molecule has 0 atom stereocenters. The van der Waals surface area contributed by atoms with E-state index in [1.807, 2.05) is 68.1 Å². The van der Waals surface area contributed by atoms with Gasteiger partial charge in [0.2, 0.25) is 0 Å². The summed E-state index contributed by atoms with van der Waals surface area (Å²) < 4.78 is 1.84. The number of nitrogens with zero attached hydrogens (tertiary/aromatic N) is 4. The van der Waals surface area contributed by atoms with E-state index in [-0.39, 0.29) is 0 Å². The van der Waals surface area contributed by atoms with Gasteiger partial charge in [-0.15, -0.1) is 0 Å². The van der Waals surface area contributed by atoms with Gasteiger partial charge < -0.3 is 5.32 Å². The Bertz CT molecular complexity index is 1180. The minimum Gasteiger partial charge on any atom is -0.387 e. The highest BCUT2D eigenvalue weighted by Crippen LogP contribution is 2.28. The zero-order valence-corrected chi connectivity index (χ0v) is 18.1. The first-order valence-electron chi connectivity index (χ1n) is 9.54. The Morgan fingerprint density at radius 2 is 2.03 bits per heavy atom. The molecule has 0 bridgehead atoms. The number of rotatable bonds is 4. The SMILES string of the molecule is C=Cc1cnn2ccc(/C(=C/C)c3cc(Cl)cnc3C)cc12.CNc1cccnc1. The predicted molar refractivity (Wildman–Crippen MR) is 126 cm³/mol. The number of nitrogens with one attached hydrogen (secondary N) is 1. The van der Waals surface area contributed by atoms with Crippen LogP contribution < -0.4 is 5.32 Å². The summed E-state index contributed by atoms with van der Waals surface area (Å²) in [6.07, 6.45) is 12.9. The zero-order chi connectivity index (χ0) is 21.5. The summed E-state index contributed by atoms with van der Waals surface area (Å²) in [6.45, 7) is 7.84. The first-order chi connectivity index (χ1) is 14.6. The Balaban J connectivity index is 0.000000269. The third-order valence-electron chi connectivity index (χ3n) is 4.66. The van der Waals surface area contributed by atoms with Crippen LogP contribution in [0.15, 0.2) is 74.0 Å². The second-order valence-electron chi connectivity index (χ2n) is 6.53. The third kappa shape index (κ3) is 4.75. The predicted octanol–water partition coefficient (Wildman–Crippen LogP) is 5.91. The van der Waals surface area contributed by atoms with Crippen molar-refractivity contribution in [2.75, 3.05) is 12.4 Å². The Hall–Kier alpha value is -3.44. The Labute approximate surface area is 181 Å². The van der Waals surface area contributed by atoms with Crippen molar-refractivity contribution in [2.24, 2.45) is 0 Å². The molecule has 4 aromatic rings. The largest absolute Gasteiger partial charge is 0.387 e. The molecule has 5 nitrogen and oxygen atoms in total. The number of anilines is 1. The number of hydrogen-bond donors (Lipinski definition) is 1. The van der Waals surface area contributed by atoms with Crippen LogP contribution in [0.1, 0.15) is 29.3 Å². The fourth-order valence-corrected chi connectivity index (χ4v) is 3.25. The highest BCUT2D eigenvalue weighted by molar-refractivity contribution is 6.30. The Morgan fingerprint density at radius 1 is 1.20 bits per heavy atom. The average molecular weight is 418 g/mol. The molecule has 152 valence electrons. The summed E-state index contributed by atoms with van der Waals surface area (Å²) in [7, 11) is 1.87. The lowest BCUT2D eigenvalue weighted by atomic mass is 9.97. The molecule has 0 radical (unpaired) electrons. The molecule has 4 rings (SSSR count). The zero-order valence-electron chi connectivity index (χ0n) is 17.3. The van der Waals surface area contributed by atoms with Crippen LogP contribution in [-0.4, -0.2) is 26.6 Å². The van der Waals surface area contributed by atoms with Crippen molar-refractivity contribution >= 4 is 34.5 Å². The molecule has 0 fully saturated rings. The van der Waals surface area contributed by atoms with Gasteiger partial charge in [-0.3, -0.25) is 9.97 Å². The van der Waals surface area contributed by atoms with Crippen LogP contribution in [0.4, 0.5) is 5.69 Å². The number of hydrogen-bond acceptors (Lipinski definition) is 4. The maximum absolute atomic E-state index is 6.11. The van der Waals surface area contributed by atoms with Crippen LogP contribution in [0.5, 0.6) is 0 Å². The highest BCUT2D eigenvalue weighted by atomic mass is 35.5. The number of halogens is 1. The molecule has 4 heterocycles. The topological polar surface area (TPSA) is 55.1 Å². The summed E-state index contributed by atoms with van der Waals surface area (Å²) in [4.78, 5) is 8.25. The van der Waals surface area contributed by atoms with E-state index in [1.54, 1.807) is 18.6 Å². The molecule has 0 saturated carbocycles. The number of allylic oxidation sites excluding steroid dienone is 1. The Kier molecular flexibility index (Phi) is 6.99. The van der Waals surface area contributed by atoms with E-state index < -0.39 is 0 Å². The van der Waals surface area contributed by atoms with Crippen molar-refractivity contribution in [3.8, 4) is 0 Å². The molecule has 0 aliphatic rings. The van der Waals surface area contributed by atoms with Gasteiger partial charge in [-0.25, -0.2) is 4.52 Å². The van der Waals surface area contributed by atoms with Crippen LogP contribution in [-0.2, 0) is 0 Å². The van der Waals surface area contributed by atoms with Crippen LogP contribution in [0.2, 0.25) is 5.02 Å². The van der Waals surface area contributed by atoms with Crippen LogP contribution in [0.25, 0.3) is 17.2 Å². The monoisotopic (exact) mass is 417 g/mol. The van der Waals surface area contributed by atoms with Gasteiger partial charge in [0.25, 0.3) is 0 Å². The molecule has 0 aliphatic carbocycles. The van der Waals surface area contributed by atoms with Gasteiger partial charge in [0.15, 0.2) is 0 Å². The van der Waals surface area contributed by atoms with E-state index in [0.29, 0.717) is 5.02 Å². The van der Waals surface area contributed by atoms with E-state index >= 15 is 0 Å². The van der Waals surface area contributed by atoms with E-state index in [0.717, 1.165) is 39.2 Å². The molecular formula is C24H24ClN5. The minimum absolute atomic E-state index is 0.636. The average Bonchev–Trinajstić information content (AvgIpc) is 3.20. The molecule has 0 aromatic carbocycles. The molecule has 0 spiro atoms. The van der Waals surface area contributed by atoms with Crippen LogP contribution >= 0.6 is 11.6 Å². The van der Waals surface area contributed by atoms with Gasteiger partial charge in [-0.1, -0.05) is 30.3 Å². The molecule has 6 heteroatoms. The summed E-state index contributed by atoms with van der Waals surface area (Å²) >= 11 is 6.11. The second kappa shape index (κ2) is 9.85. The molecule has 0 saturated heterocycles. The lowest BCUT2D eigenvalue weighted by molar-refractivity contribution is 0.960. The molecule has 30 heavy (non-hydrogen) atoms. The first-order valence-corrected chi connectivity index (χ1v) is 9.92. The molecule has 0 unspecified atom stereocenters. The third-order valence-corrected chi connectivity index (χ3v) is 4.87. The van der Waals surface area contributed by atoms with Crippen molar-refractivity contribution in [1.29, 1.82) is 0 Å².